The molecule has 25 heavy (non-hydrogen) atoms. The molecule has 0 aromatic rings. The van der Waals surface area contributed by atoms with E-state index in [-0.39, 0.29) is 11.1 Å². The lowest BCUT2D eigenvalue weighted by Crippen LogP contribution is -2.62. The van der Waals surface area contributed by atoms with Crippen molar-refractivity contribution in [3.05, 3.63) is 0 Å². The summed E-state index contributed by atoms with van der Waals surface area (Å²) in [6.07, 6.45) is 16.9. The van der Waals surface area contributed by atoms with E-state index < -0.39 is 0 Å². The molecule has 0 radical (unpaired) electrons. The minimum Gasteiger partial charge on any atom is -0.307 e. The average molecular weight is 353 g/mol. The fraction of sp³-hybridized carbons (Fsp3) is 1.00. The van der Waals surface area contributed by atoms with Crippen molar-refractivity contribution >= 4 is 0 Å². The van der Waals surface area contributed by atoms with Gasteiger partial charge in [0.1, 0.15) is 0 Å². The lowest BCUT2D eigenvalue weighted by atomic mass is 9.79. The Morgan fingerprint density at radius 1 is 0.720 bits per heavy atom. The Labute approximate surface area is 159 Å². The number of piperidine rings is 1. The van der Waals surface area contributed by atoms with Crippen molar-refractivity contribution in [1.82, 2.24) is 10.2 Å². The molecule has 1 saturated heterocycles. The van der Waals surface area contributed by atoms with Crippen LogP contribution in [0.3, 0.4) is 0 Å². The molecule has 1 fully saturated rings. The van der Waals surface area contributed by atoms with Gasteiger partial charge in [-0.3, -0.25) is 0 Å². The third-order valence-corrected chi connectivity index (χ3v) is 5.89. The number of nitrogens with zero attached hydrogens (tertiary/aromatic N) is 1. The van der Waals surface area contributed by atoms with E-state index in [0.29, 0.717) is 0 Å². The van der Waals surface area contributed by atoms with Gasteiger partial charge in [0.25, 0.3) is 0 Å². The third-order valence-electron chi connectivity index (χ3n) is 5.89. The van der Waals surface area contributed by atoms with E-state index in [4.69, 9.17) is 0 Å². The lowest BCUT2D eigenvalue weighted by molar-refractivity contribution is 0.0681. The van der Waals surface area contributed by atoms with Crippen molar-refractivity contribution in [3.63, 3.8) is 0 Å². The standard InChI is InChI=1S/C23H48N2/c1-7-9-10-11-12-13-14-15-16-17-18-25(8-2)21-19-22(3,4)24-23(5,6)20-21/h21,24H,7-20H2,1-6H3. The van der Waals surface area contributed by atoms with Crippen LogP contribution in [0.5, 0.6) is 0 Å². The molecule has 0 bridgehead atoms. The highest BCUT2D eigenvalue weighted by Gasteiger charge is 2.39. The van der Waals surface area contributed by atoms with E-state index >= 15 is 0 Å². The molecule has 0 aromatic heterocycles. The molecule has 0 saturated carbocycles. The van der Waals surface area contributed by atoms with E-state index in [1.807, 2.05) is 0 Å². The Balaban J connectivity index is 2.17. The molecule has 2 heteroatoms. The van der Waals surface area contributed by atoms with Crippen LogP contribution >= 0.6 is 0 Å². The third kappa shape index (κ3) is 9.99. The molecule has 0 unspecified atom stereocenters. The SMILES string of the molecule is CCCCCCCCCCCCN(CC)C1CC(C)(C)NC(C)(C)C1. The predicted octanol–water partition coefficient (Wildman–Crippen LogP) is 6.54. The molecule has 1 aliphatic rings. The fourth-order valence-corrected chi connectivity index (χ4v) is 4.93. The molecule has 150 valence electrons. The van der Waals surface area contributed by atoms with Crippen molar-refractivity contribution in [1.29, 1.82) is 0 Å². The average Bonchev–Trinajstić information content (AvgIpc) is 2.49. The molecule has 1 N–H and O–H groups in total. The van der Waals surface area contributed by atoms with Crippen LogP contribution in [0.25, 0.3) is 0 Å². The van der Waals surface area contributed by atoms with Crippen LogP contribution < -0.4 is 5.32 Å². The van der Waals surface area contributed by atoms with Gasteiger partial charge in [-0.25, -0.2) is 0 Å². The second-order valence-electron chi connectivity index (χ2n) is 9.77. The lowest BCUT2D eigenvalue weighted by Gasteiger charge is -2.49. The van der Waals surface area contributed by atoms with Crippen molar-refractivity contribution in [2.75, 3.05) is 13.1 Å². The normalized spacial score (nSPS) is 20.3. The first-order valence-electron chi connectivity index (χ1n) is 11.3. The van der Waals surface area contributed by atoms with Crippen molar-refractivity contribution in [2.24, 2.45) is 0 Å². The van der Waals surface area contributed by atoms with Gasteiger partial charge in [-0.15, -0.1) is 0 Å². The Bertz CT molecular complexity index is 319. The molecule has 0 amide bonds. The second kappa shape index (κ2) is 11.6. The maximum absolute atomic E-state index is 3.82. The Hall–Kier alpha value is -0.0800. The summed E-state index contributed by atoms with van der Waals surface area (Å²) < 4.78 is 0. The number of unbranched alkanes of at least 4 members (excludes halogenated alkanes) is 9. The Morgan fingerprint density at radius 2 is 1.16 bits per heavy atom. The summed E-state index contributed by atoms with van der Waals surface area (Å²) in [6, 6.07) is 0.745. The van der Waals surface area contributed by atoms with Crippen LogP contribution in [0.15, 0.2) is 0 Å². The highest BCUT2D eigenvalue weighted by Crippen LogP contribution is 2.31. The van der Waals surface area contributed by atoms with E-state index in [2.05, 4.69) is 51.8 Å². The minimum absolute atomic E-state index is 0.262. The largest absolute Gasteiger partial charge is 0.307 e. The number of nitrogens with one attached hydrogen (secondary N) is 1. The molecule has 0 spiro atoms. The fourth-order valence-electron chi connectivity index (χ4n) is 4.93. The molecule has 0 aliphatic carbocycles. The second-order valence-corrected chi connectivity index (χ2v) is 9.77. The summed E-state index contributed by atoms with van der Waals surface area (Å²) in [5, 5.41) is 3.82. The first kappa shape index (κ1) is 23.0. The first-order chi connectivity index (χ1) is 11.8. The van der Waals surface area contributed by atoms with Crippen LogP contribution in [-0.4, -0.2) is 35.1 Å². The van der Waals surface area contributed by atoms with E-state index in [0.717, 1.165) is 6.04 Å². The minimum atomic E-state index is 0.262. The molecule has 0 aromatic carbocycles. The number of rotatable bonds is 13. The monoisotopic (exact) mass is 352 g/mol. The predicted molar refractivity (Wildman–Crippen MR) is 113 cm³/mol. The summed E-state index contributed by atoms with van der Waals surface area (Å²) in [5.41, 5.74) is 0.523. The van der Waals surface area contributed by atoms with E-state index in [1.54, 1.807) is 0 Å². The molecular formula is C23H48N2. The van der Waals surface area contributed by atoms with Crippen LogP contribution in [0, 0.1) is 0 Å². The van der Waals surface area contributed by atoms with Gasteiger partial charge < -0.3 is 10.2 Å². The summed E-state index contributed by atoms with van der Waals surface area (Å²) in [4.78, 5) is 2.76. The van der Waals surface area contributed by atoms with Crippen molar-refractivity contribution in [3.8, 4) is 0 Å². The first-order valence-corrected chi connectivity index (χ1v) is 11.3. The number of hydrogen-bond acceptors (Lipinski definition) is 2. The zero-order valence-electron chi connectivity index (χ0n) is 18.4. The van der Waals surface area contributed by atoms with Crippen molar-refractivity contribution < 1.29 is 0 Å². The molecular weight excluding hydrogens is 304 g/mol. The zero-order chi connectivity index (χ0) is 18.8. The van der Waals surface area contributed by atoms with Crippen LogP contribution in [0.1, 0.15) is 119 Å². The molecule has 1 heterocycles. The summed E-state index contributed by atoms with van der Waals surface area (Å²) in [5.74, 6) is 0. The summed E-state index contributed by atoms with van der Waals surface area (Å²) in [7, 11) is 0. The molecule has 2 nitrogen and oxygen atoms in total. The van der Waals surface area contributed by atoms with Crippen molar-refractivity contribution in [2.45, 2.75) is 136 Å². The van der Waals surface area contributed by atoms with Crippen LogP contribution in [-0.2, 0) is 0 Å². The number of hydrogen-bond donors (Lipinski definition) is 1. The van der Waals surface area contributed by atoms with Crippen LogP contribution in [0.2, 0.25) is 0 Å². The Kier molecular flexibility index (Phi) is 10.6. The van der Waals surface area contributed by atoms with Gasteiger partial charge in [0, 0.05) is 17.1 Å². The summed E-state index contributed by atoms with van der Waals surface area (Å²) >= 11 is 0. The molecule has 0 atom stereocenters. The topological polar surface area (TPSA) is 15.3 Å². The van der Waals surface area contributed by atoms with Gasteiger partial charge in [-0.05, 0) is 60.0 Å². The highest BCUT2D eigenvalue weighted by molar-refractivity contribution is 5.00. The van der Waals surface area contributed by atoms with E-state index in [9.17, 15) is 0 Å². The quantitative estimate of drug-likeness (QED) is 0.379. The van der Waals surface area contributed by atoms with Gasteiger partial charge in [0.05, 0.1) is 0 Å². The smallest absolute Gasteiger partial charge is 0.0145 e. The highest BCUT2D eigenvalue weighted by atomic mass is 15.2. The van der Waals surface area contributed by atoms with Gasteiger partial charge >= 0.3 is 0 Å². The van der Waals surface area contributed by atoms with Gasteiger partial charge in [0.2, 0.25) is 0 Å². The molecule has 1 aliphatic heterocycles. The molecule has 1 rings (SSSR count). The maximum atomic E-state index is 3.82. The Morgan fingerprint density at radius 3 is 1.60 bits per heavy atom. The van der Waals surface area contributed by atoms with E-state index in [1.165, 1.54) is 90.1 Å². The van der Waals surface area contributed by atoms with Gasteiger partial charge in [-0.1, -0.05) is 71.6 Å². The van der Waals surface area contributed by atoms with Gasteiger partial charge in [-0.2, -0.15) is 0 Å². The van der Waals surface area contributed by atoms with Gasteiger partial charge in [0.15, 0.2) is 0 Å². The summed E-state index contributed by atoms with van der Waals surface area (Å²) in [6.45, 7) is 16.6. The maximum Gasteiger partial charge on any atom is 0.0145 e. The van der Waals surface area contributed by atoms with Crippen LogP contribution in [0.4, 0.5) is 0 Å². The zero-order valence-corrected chi connectivity index (χ0v) is 18.4.